The molecule has 0 aliphatic rings. The van der Waals surface area contributed by atoms with Crippen molar-refractivity contribution in [2.24, 2.45) is 0 Å². The van der Waals surface area contributed by atoms with E-state index in [2.05, 4.69) is 69.9 Å². The maximum Gasteiger partial charge on any atom is 0.0464 e. The fourth-order valence-electron chi connectivity index (χ4n) is 2.43. The summed E-state index contributed by atoms with van der Waals surface area (Å²) < 4.78 is 2.57. The first kappa shape index (κ1) is 15.2. The molecule has 1 aromatic carbocycles. The van der Waals surface area contributed by atoms with Gasteiger partial charge in [0.2, 0.25) is 0 Å². The molecule has 1 N–H and O–H groups in total. The van der Waals surface area contributed by atoms with Crippen molar-refractivity contribution in [2.75, 3.05) is 6.54 Å². The summed E-state index contributed by atoms with van der Waals surface area (Å²) in [7, 11) is 0. The second kappa shape index (κ2) is 7.05. The first-order valence-electron chi connectivity index (χ1n) is 7.21. The average molecular weight is 380 g/mol. The van der Waals surface area contributed by atoms with Crippen LogP contribution in [0, 0.1) is 0 Å². The molecule has 0 saturated heterocycles. The van der Waals surface area contributed by atoms with E-state index >= 15 is 0 Å². The Labute approximate surface area is 142 Å². The molecule has 1 atom stereocenters. The fourth-order valence-corrected chi connectivity index (χ4v) is 5.07. The predicted octanol–water partition coefficient (Wildman–Crippen LogP) is 6.01. The van der Waals surface area contributed by atoms with Crippen LogP contribution >= 0.6 is 38.6 Å². The van der Waals surface area contributed by atoms with Crippen molar-refractivity contribution < 1.29 is 0 Å². The molecular weight excluding hydrogens is 362 g/mol. The molecule has 110 valence electrons. The summed E-state index contributed by atoms with van der Waals surface area (Å²) in [4.78, 5) is 2.86. The van der Waals surface area contributed by atoms with Gasteiger partial charge >= 0.3 is 0 Å². The third-order valence-corrected chi connectivity index (χ3v) is 6.41. The van der Waals surface area contributed by atoms with E-state index in [-0.39, 0.29) is 0 Å². The highest BCUT2D eigenvalue weighted by Gasteiger charge is 2.15. The molecule has 21 heavy (non-hydrogen) atoms. The van der Waals surface area contributed by atoms with Crippen LogP contribution in [0.1, 0.15) is 29.1 Å². The molecule has 3 aromatic rings. The molecule has 0 aliphatic heterocycles. The summed E-state index contributed by atoms with van der Waals surface area (Å²) in [5, 5.41) is 7.22. The summed E-state index contributed by atoms with van der Waals surface area (Å²) in [5.74, 6) is 0. The van der Waals surface area contributed by atoms with Crippen LogP contribution < -0.4 is 5.32 Å². The normalized spacial score (nSPS) is 12.9. The van der Waals surface area contributed by atoms with Gasteiger partial charge in [0.05, 0.1) is 0 Å². The van der Waals surface area contributed by atoms with Crippen LogP contribution in [0.4, 0.5) is 0 Å². The van der Waals surface area contributed by atoms with Gasteiger partial charge in [0, 0.05) is 36.8 Å². The van der Waals surface area contributed by atoms with E-state index in [0.717, 1.165) is 19.4 Å². The SMILES string of the molecule is CCCNC(Cc1cc(Br)cs1)c1cc2ccccc2s1. The van der Waals surface area contributed by atoms with Gasteiger partial charge in [-0.05, 0) is 52.5 Å². The lowest BCUT2D eigenvalue weighted by Gasteiger charge is -2.16. The Hall–Kier alpha value is -0.680. The monoisotopic (exact) mass is 379 g/mol. The zero-order valence-electron chi connectivity index (χ0n) is 11.9. The van der Waals surface area contributed by atoms with Crippen molar-refractivity contribution in [2.45, 2.75) is 25.8 Å². The van der Waals surface area contributed by atoms with Crippen molar-refractivity contribution in [1.29, 1.82) is 0 Å². The smallest absolute Gasteiger partial charge is 0.0464 e. The highest BCUT2D eigenvalue weighted by molar-refractivity contribution is 9.10. The van der Waals surface area contributed by atoms with Gasteiger partial charge in [-0.25, -0.2) is 0 Å². The highest BCUT2D eigenvalue weighted by Crippen LogP contribution is 2.33. The lowest BCUT2D eigenvalue weighted by atomic mass is 10.1. The van der Waals surface area contributed by atoms with Crippen LogP contribution in [-0.2, 0) is 6.42 Å². The third-order valence-electron chi connectivity index (χ3n) is 3.46. The maximum atomic E-state index is 3.71. The summed E-state index contributed by atoms with van der Waals surface area (Å²) in [6, 6.07) is 13.6. The Morgan fingerprint density at radius 3 is 2.81 bits per heavy atom. The zero-order valence-corrected chi connectivity index (χ0v) is 15.2. The number of halogens is 1. The van der Waals surface area contributed by atoms with E-state index in [0.29, 0.717) is 6.04 Å². The predicted molar refractivity (Wildman–Crippen MR) is 98.6 cm³/mol. The fraction of sp³-hybridized carbons (Fsp3) is 0.294. The van der Waals surface area contributed by atoms with Crippen LogP contribution in [0.15, 0.2) is 46.3 Å². The molecule has 1 nitrogen and oxygen atoms in total. The van der Waals surface area contributed by atoms with Gasteiger partial charge in [-0.2, -0.15) is 0 Å². The number of benzene rings is 1. The largest absolute Gasteiger partial charge is 0.309 e. The zero-order chi connectivity index (χ0) is 14.7. The Morgan fingerprint density at radius 2 is 2.10 bits per heavy atom. The van der Waals surface area contributed by atoms with Crippen LogP contribution in [0.5, 0.6) is 0 Å². The Kier molecular flexibility index (Phi) is 5.11. The van der Waals surface area contributed by atoms with Crippen LogP contribution in [0.25, 0.3) is 10.1 Å². The van der Waals surface area contributed by atoms with Crippen molar-refractivity contribution >= 4 is 48.7 Å². The number of fused-ring (bicyclic) bond motifs is 1. The van der Waals surface area contributed by atoms with E-state index in [1.807, 2.05) is 22.7 Å². The van der Waals surface area contributed by atoms with Gasteiger partial charge in [0.15, 0.2) is 0 Å². The minimum absolute atomic E-state index is 0.410. The quantitative estimate of drug-likeness (QED) is 0.552. The lowest BCUT2D eigenvalue weighted by Crippen LogP contribution is -2.22. The molecule has 0 radical (unpaired) electrons. The van der Waals surface area contributed by atoms with Crippen molar-refractivity contribution in [1.82, 2.24) is 5.32 Å². The van der Waals surface area contributed by atoms with Crippen molar-refractivity contribution in [3.8, 4) is 0 Å². The molecule has 0 saturated carbocycles. The number of hydrogen-bond acceptors (Lipinski definition) is 3. The summed E-state index contributed by atoms with van der Waals surface area (Å²) in [5.41, 5.74) is 0. The number of hydrogen-bond donors (Lipinski definition) is 1. The Balaban J connectivity index is 1.86. The molecule has 2 aromatic heterocycles. The van der Waals surface area contributed by atoms with Gasteiger partial charge in [-0.1, -0.05) is 25.1 Å². The standard InChI is InChI=1S/C17H18BrNS2/c1-2-7-19-15(10-14-9-13(18)11-20-14)17-8-12-5-3-4-6-16(12)21-17/h3-6,8-9,11,15,19H,2,7,10H2,1H3. The van der Waals surface area contributed by atoms with Crippen molar-refractivity contribution in [3.05, 3.63) is 56.0 Å². The van der Waals surface area contributed by atoms with Crippen LogP contribution in [-0.4, -0.2) is 6.54 Å². The molecule has 0 amide bonds. The first-order chi connectivity index (χ1) is 10.3. The van der Waals surface area contributed by atoms with E-state index < -0.39 is 0 Å². The second-order valence-electron chi connectivity index (χ2n) is 5.13. The summed E-state index contributed by atoms with van der Waals surface area (Å²) in [6.45, 7) is 3.28. The minimum Gasteiger partial charge on any atom is -0.309 e. The van der Waals surface area contributed by atoms with Gasteiger partial charge in [-0.3, -0.25) is 0 Å². The molecule has 0 aliphatic carbocycles. The lowest BCUT2D eigenvalue weighted by molar-refractivity contribution is 0.540. The number of thiophene rings is 2. The number of rotatable bonds is 6. The van der Waals surface area contributed by atoms with Gasteiger partial charge in [-0.15, -0.1) is 22.7 Å². The third kappa shape index (κ3) is 3.75. The van der Waals surface area contributed by atoms with Gasteiger partial charge in [0.25, 0.3) is 0 Å². The molecule has 0 bridgehead atoms. The Morgan fingerprint density at radius 1 is 1.24 bits per heavy atom. The van der Waals surface area contributed by atoms with Crippen LogP contribution in [0.2, 0.25) is 0 Å². The second-order valence-corrected chi connectivity index (χ2v) is 8.16. The topological polar surface area (TPSA) is 12.0 Å². The van der Waals surface area contributed by atoms with Gasteiger partial charge < -0.3 is 5.32 Å². The highest BCUT2D eigenvalue weighted by atomic mass is 79.9. The molecule has 0 spiro atoms. The average Bonchev–Trinajstić information content (AvgIpc) is 3.09. The van der Waals surface area contributed by atoms with E-state index in [1.165, 1.54) is 24.3 Å². The summed E-state index contributed by atoms with van der Waals surface area (Å²) in [6.07, 6.45) is 2.22. The molecule has 3 rings (SSSR count). The first-order valence-corrected chi connectivity index (χ1v) is 9.70. The van der Waals surface area contributed by atoms with Crippen LogP contribution in [0.3, 0.4) is 0 Å². The Bertz CT molecular complexity index is 683. The number of nitrogens with one attached hydrogen (secondary N) is 1. The molecule has 2 heterocycles. The molecular formula is C17H18BrNS2. The molecule has 4 heteroatoms. The molecule has 0 fully saturated rings. The van der Waals surface area contributed by atoms with E-state index in [9.17, 15) is 0 Å². The van der Waals surface area contributed by atoms with Gasteiger partial charge in [0.1, 0.15) is 0 Å². The van der Waals surface area contributed by atoms with Crippen molar-refractivity contribution in [3.63, 3.8) is 0 Å². The van der Waals surface area contributed by atoms with E-state index in [1.54, 1.807) is 0 Å². The van der Waals surface area contributed by atoms with E-state index in [4.69, 9.17) is 0 Å². The summed E-state index contributed by atoms with van der Waals surface area (Å²) >= 11 is 7.29. The maximum absolute atomic E-state index is 3.71. The molecule has 1 unspecified atom stereocenters. The minimum atomic E-state index is 0.410.